The highest BCUT2D eigenvalue weighted by atomic mass is 79.9. The fraction of sp³-hybridized carbons (Fsp3) is 0.314. The van der Waals surface area contributed by atoms with E-state index in [9.17, 15) is 0 Å². The van der Waals surface area contributed by atoms with E-state index >= 15 is 0 Å². The summed E-state index contributed by atoms with van der Waals surface area (Å²) in [6.45, 7) is 14.8. The zero-order chi connectivity index (χ0) is 27.2. The molecule has 0 aliphatic carbocycles. The second-order valence-electron chi connectivity index (χ2n) is 11.4. The van der Waals surface area contributed by atoms with Crippen molar-refractivity contribution in [3.8, 4) is 0 Å². The van der Waals surface area contributed by atoms with Gasteiger partial charge < -0.3 is 21.4 Å². The van der Waals surface area contributed by atoms with Crippen LogP contribution in [0, 0.1) is 0 Å². The van der Waals surface area contributed by atoms with Gasteiger partial charge in [-0.05, 0) is 64.1 Å². The molecule has 39 heavy (non-hydrogen) atoms. The molecule has 0 saturated carbocycles. The van der Waals surface area contributed by atoms with Crippen LogP contribution in [-0.4, -0.2) is 8.32 Å². The fourth-order valence-corrected chi connectivity index (χ4v) is 16.2. The summed E-state index contributed by atoms with van der Waals surface area (Å²) in [5.41, 5.74) is 4.42. The summed E-state index contributed by atoms with van der Waals surface area (Å²) in [5, 5.41) is 4.27. The Hall–Kier alpha value is -2.03. The predicted octanol–water partition coefficient (Wildman–Crippen LogP) is 5.88. The molecule has 4 rings (SSSR count). The maximum absolute atomic E-state index is 6.89. The molecule has 0 aliphatic rings. The molecule has 4 aromatic carbocycles. The number of hydrogen-bond acceptors (Lipinski definition) is 1. The van der Waals surface area contributed by atoms with Gasteiger partial charge >= 0.3 is 0 Å². The SMILES string of the molecule is CC(C)[Si](OCc1ccc(C[P+](c2ccccc2)(c2ccccc2)c2ccccc2)cc1)(C(C)C)C(C)C.[Br-]. The molecule has 0 bridgehead atoms. The van der Waals surface area contributed by atoms with Crippen LogP contribution in [-0.2, 0) is 17.2 Å². The quantitative estimate of drug-likeness (QED) is 0.151. The van der Waals surface area contributed by atoms with Crippen LogP contribution in [0.5, 0.6) is 0 Å². The Morgan fingerprint density at radius 1 is 0.513 bits per heavy atom. The van der Waals surface area contributed by atoms with Gasteiger partial charge in [0.2, 0.25) is 8.32 Å². The smallest absolute Gasteiger partial charge is 0.200 e. The Bertz CT molecular complexity index is 1140. The maximum Gasteiger partial charge on any atom is 0.200 e. The molecule has 0 fully saturated rings. The lowest BCUT2D eigenvalue weighted by atomic mass is 10.2. The zero-order valence-electron chi connectivity index (χ0n) is 24.3. The lowest BCUT2D eigenvalue weighted by molar-refractivity contribution is -0.00000841. The van der Waals surface area contributed by atoms with Crippen molar-refractivity contribution in [3.05, 3.63) is 126 Å². The van der Waals surface area contributed by atoms with E-state index in [2.05, 4.69) is 157 Å². The van der Waals surface area contributed by atoms with Crippen LogP contribution in [0.1, 0.15) is 52.7 Å². The normalized spacial score (nSPS) is 12.1. The van der Waals surface area contributed by atoms with Crippen LogP contribution in [0.15, 0.2) is 115 Å². The van der Waals surface area contributed by atoms with Crippen molar-refractivity contribution in [1.82, 2.24) is 0 Å². The highest BCUT2D eigenvalue weighted by Gasteiger charge is 2.46. The number of hydrogen-bond donors (Lipinski definition) is 0. The van der Waals surface area contributed by atoms with E-state index in [0.29, 0.717) is 23.2 Å². The van der Waals surface area contributed by atoms with Crippen LogP contribution in [0.4, 0.5) is 0 Å². The van der Waals surface area contributed by atoms with Crippen LogP contribution in [0.3, 0.4) is 0 Å². The Morgan fingerprint density at radius 3 is 1.18 bits per heavy atom. The average molecular weight is 620 g/mol. The molecule has 0 aromatic heterocycles. The fourth-order valence-electron chi connectivity index (χ4n) is 6.49. The summed E-state index contributed by atoms with van der Waals surface area (Å²) >= 11 is 0. The van der Waals surface area contributed by atoms with Gasteiger partial charge in [0.1, 0.15) is 23.2 Å². The number of rotatable bonds is 11. The minimum Gasteiger partial charge on any atom is -1.00 e. The molecule has 0 atom stereocenters. The third-order valence-electron chi connectivity index (χ3n) is 8.23. The molecule has 0 aliphatic heterocycles. The molecule has 1 nitrogen and oxygen atoms in total. The Labute approximate surface area is 249 Å². The minimum atomic E-state index is -1.90. The van der Waals surface area contributed by atoms with Crippen LogP contribution >= 0.6 is 7.26 Å². The summed E-state index contributed by atoms with van der Waals surface area (Å²) in [7, 11) is -3.78. The molecule has 0 spiro atoms. The Morgan fingerprint density at radius 2 is 0.846 bits per heavy atom. The lowest BCUT2D eigenvalue weighted by Crippen LogP contribution is -3.00. The first-order valence-corrected chi connectivity index (χ1v) is 18.2. The third kappa shape index (κ3) is 6.65. The van der Waals surface area contributed by atoms with E-state index in [1.165, 1.54) is 27.0 Å². The van der Waals surface area contributed by atoms with E-state index in [4.69, 9.17) is 4.43 Å². The van der Waals surface area contributed by atoms with Crippen molar-refractivity contribution in [2.75, 3.05) is 0 Å². The molecule has 0 unspecified atom stereocenters. The molecular formula is C35H44BrOPSi. The van der Waals surface area contributed by atoms with E-state index < -0.39 is 15.6 Å². The van der Waals surface area contributed by atoms with Gasteiger partial charge in [0.25, 0.3) is 0 Å². The third-order valence-corrected chi connectivity index (χ3v) is 18.7. The monoisotopic (exact) mass is 618 g/mol. The van der Waals surface area contributed by atoms with Gasteiger partial charge in [0.15, 0.2) is 0 Å². The molecule has 0 N–H and O–H groups in total. The van der Waals surface area contributed by atoms with Gasteiger partial charge in [-0.2, -0.15) is 0 Å². The second kappa shape index (κ2) is 14.0. The van der Waals surface area contributed by atoms with Crippen LogP contribution in [0.2, 0.25) is 16.6 Å². The minimum absolute atomic E-state index is 0. The summed E-state index contributed by atoms with van der Waals surface area (Å²) < 4.78 is 6.89. The van der Waals surface area contributed by atoms with Crippen molar-refractivity contribution in [2.24, 2.45) is 0 Å². The van der Waals surface area contributed by atoms with Crippen LogP contribution < -0.4 is 32.9 Å². The van der Waals surface area contributed by atoms with Crippen molar-refractivity contribution < 1.29 is 21.4 Å². The molecule has 0 heterocycles. The second-order valence-corrected chi connectivity index (χ2v) is 20.3. The number of halogens is 1. The highest BCUT2D eigenvalue weighted by molar-refractivity contribution is 7.95. The van der Waals surface area contributed by atoms with Gasteiger partial charge in [-0.3, -0.25) is 0 Å². The summed E-state index contributed by atoms with van der Waals surface area (Å²) in [6.07, 6.45) is 0.995. The maximum atomic E-state index is 6.89. The largest absolute Gasteiger partial charge is 1.00 e. The molecule has 0 amide bonds. The first-order chi connectivity index (χ1) is 18.3. The summed E-state index contributed by atoms with van der Waals surface area (Å²) in [6, 6.07) is 42.7. The van der Waals surface area contributed by atoms with Crippen molar-refractivity contribution in [2.45, 2.75) is 70.9 Å². The average Bonchev–Trinajstić information content (AvgIpc) is 2.94. The van der Waals surface area contributed by atoms with Crippen molar-refractivity contribution in [3.63, 3.8) is 0 Å². The first kappa shape index (κ1) is 31.5. The standard InChI is InChI=1S/C35H44OPSi.BrH/c1-28(2)38(29(3)4,30(5)6)36-26-31-22-24-32(25-23-31)27-37(33-16-10-7-11-17-33,34-18-12-8-13-19-34)35-20-14-9-15-21-35;/h7-25,28-30H,26-27H2,1-6H3;1H/q+1;/p-1. The van der Waals surface area contributed by atoms with Gasteiger partial charge in [0.05, 0.1) is 12.8 Å². The van der Waals surface area contributed by atoms with E-state index in [0.717, 1.165) is 6.16 Å². The lowest BCUT2D eigenvalue weighted by Gasteiger charge is -2.42. The summed E-state index contributed by atoms with van der Waals surface area (Å²) in [4.78, 5) is 0. The van der Waals surface area contributed by atoms with Crippen molar-refractivity contribution >= 4 is 31.5 Å². The summed E-state index contributed by atoms with van der Waals surface area (Å²) in [5.74, 6) is 0. The van der Waals surface area contributed by atoms with Gasteiger partial charge in [-0.1, -0.05) is 120 Å². The topological polar surface area (TPSA) is 9.23 Å². The first-order valence-electron chi connectivity index (χ1n) is 14.1. The van der Waals surface area contributed by atoms with Crippen LogP contribution in [0.25, 0.3) is 0 Å². The van der Waals surface area contributed by atoms with E-state index in [1.54, 1.807) is 0 Å². The Kier molecular flexibility index (Phi) is 11.3. The van der Waals surface area contributed by atoms with Crippen molar-refractivity contribution in [1.29, 1.82) is 0 Å². The van der Waals surface area contributed by atoms with Gasteiger partial charge in [-0.15, -0.1) is 0 Å². The predicted molar refractivity (Wildman–Crippen MR) is 171 cm³/mol. The molecule has 0 radical (unpaired) electrons. The molecule has 4 aromatic rings. The molecular weight excluding hydrogens is 575 g/mol. The van der Waals surface area contributed by atoms with E-state index in [-0.39, 0.29) is 17.0 Å². The van der Waals surface area contributed by atoms with Gasteiger partial charge in [-0.25, -0.2) is 0 Å². The van der Waals surface area contributed by atoms with E-state index in [1.807, 2.05) is 0 Å². The molecule has 206 valence electrons. The molecule has 0 saturated heterocycles. The number of benzene rings is 4. The Balaban J connectivity index is 0.00000420. The molecule has 4 heteroatoms. The highest BCUT2D eigenvalue weighted by Crippen LogP contribution is 2.58. The zero-order valence-corrected chi connectivity index (χ0v) is 27.8. The van der Waals surface area contributed by atoms with Gasteiger partial charge in [0, 0.05) is 0 Å².